The van der Waals surface area contributed by atoms with E-state index in [0.717, 1.165) is 13.0 Å². The van der Waals surface area contributed by atoms with E-state index in [4.69, 9.17) is 4.74 Å². The SMILES string of the molecule is CCCNC1=NC2C(CC([C@H](C)O)C(O)C2O)O1. The van der Waals surface area contributed by atoms with Crippen LogP contribution in [0.1, 0.15) is 26.7 Å². The van der Waals surface area contributed by atoms with Gasteiger partial charge in [0.15, 0.2) is 0 Å². The van der Waals surface area contributed by atoms with E-state index in [0.29, 0.717) is 12.4 Å². The molecule has 6 atom stereocenters. The van der Waals surface area contributed by atoms with Crippen LogP contribution in [-0.4, -0.2) is 58.3 Å². The van der Waals surface area contributed by atoms with Gasteiger partial charge in [-0.3, -0.25) is 0 Å². The monoisotopic (exact) mass is 258 g/mol. The van der Waals surface area contributed by atoms with E-state index in [1.165, 1.54) is 0 Å². The molecule has 2 aliphatic rings. The first-order chi connectivity index (χ1) is 8.54. The first kappa shape index (κ1) is 13.6. The molecule has 4 N–H and O–H groups in total. The van der Waals surface area contributed by atoms with E-state index in [1.807, 2.05) is 6.92 Å². The van der Waals surface area contributed by atoms with E-state index < -0.39 is 24.4 Å². The molecule has 6 nitrogen and oxygen atoms in total. The molecule has 0 spiro atoms. The van der Waals surface area contributed by atoms with Crippen molar-refractivity contribution >= 4 is 6.02 Å². The number of aliphatic hydroxyl groups excluding tert-OH is 3. The van der Waals surface area contributed by atoms with Crippen molar-refractivity contribution in [2.45, 2.75) is 57.1 Å². The largest absolute Gasteiger partial charge is 0.460 e. The lowest BCUT2D eigenvalue weighted by Gasteiger charge is -2.38. The van der Waals surface area contributed by atoms with Gasteiger partial charge in [0.1, 0.15) is 18.2 Å². The molecule has 2 rings (SSSR count). The van der Waals surface area contributed by atoms with Gasteiger partial charge < -0.3 is 25.4 Å². The number of fused-ring (bicyclic) bond motifs is 1. The molecule has 1 heterocycles. The molecule has 104 valence electrons. The highest BCUT2D eigenvalue weighted by Gasteiger charge is 2.49. The maximum atomic E-state index is 10.0. The normalized spacial score (nSPS) is 40.7. The van der Waals surface area contributed by atoms with Crippen LogP contribution in [0.2, 0.25) is 0 Å². The third kappa shape index (κ3) is 2.46. The van der Waals surface area contributed by atoms with Crippen LogP contribution in [-0.2, 0) is 4.74 Å². The minimum Gasteiger partial charge on any atom is -0.460 e. The first-order valence-electron chi connectivity index (χ1n) is 6.57. The van der Waals surface area contributed by atoms with Crippen molar-refractivity contribution < 1.29 is 20.1 Å². The highest BCUT2D eigenvalue weighted by Crippen LogP contribution is 2.34. The van der Waals surface area contributed by atoms with Gasteiger partial charge in [0, 0.05) is 12.5 Å². The minimum atomic E-state index is -0.982. The first-order valence-corrected chi connectivity index (χ1v) is 6.57. The van der Waals surface area contributed by atoms with Crippen molar-refractivity contribution in [3.8, 4) is 0 Å². The molecule has 0 saturated heterocycles. The minimum absolute atomic E-state index is 0.262. The summed E-state index contributed by atoms with van der Waals surface area (Å²) in [5.74, 6) is -0.373. The lowest BCUT2D eigenvalue weighted by atomic mass is 9.77. The smallest absolute Gasteiger partial charge is 0.285 e. The number of ether oxygens (including phenoxy) is 1. The molecule has 1 fully saturated rings. The molecule has 0 aromatic rings. The Morgan fingerprint density at radius 2 is 2.17 bits per heavy atom. The fraction of sp³-hybridized carbons (Fsp3) is 0.917. The second-order valence-electron chi connectivity index (χ2n) is 5.13. The number of nitrogens with one attached hydrogen (secondary N) is 1. The van der Waals surface area contributed by atoms with Crippen molar-refractivity contribution in [1.29, 1.82) is 0 Å². The molecule has 1 saturated carbocycles. The predicted octanol–water partition coefficient (Wildman–Crippen LogP) is -0.768. The van der Waals surface area contributed by atoms with Crippen LogP contribution in [0.15, 0.2) is 4.99 Å². The molecule has 0 amide bonds. The van der Waals surface area contributed by atoms with Gasteiger partial charge in [-0.25, -0.2) is 4.99 Å². The molecule has 0 aromatic carbocycles. The summed E-state index contributed by atoms with van der Waals surface area (Å²) in [5, 5.41) is 32.6. The molecule has 5 unspecified atom stereocenters. The molecule has 0 aromatic heterocycles. The Morgan fingerprint density at radius 1 is 1.44 bits per heavy atom. The molecule has 0 bridgehead atoms. The average molecular weight is 258 g/mol. The highest BCUT2D eigenvalue weighted by molar-refractivity contribution is 5.75. The molecular weight excluding hydrogens is 236 g/mol. The number of rotatable bonds is 3. The summed E-state index contributed by atoms with van der Waals surface area (Å²) < 4.78 is 5.62. The summed E-state index contributed by atoms with van der Waals surface area (Å²) in [6, 6.07) is -0.00120. The summed E-state index contributed by atoms with van der Waals surface area (Å²) in [6.45, 7) is 4.42. The average Bonchev–Trinajstić information content (AvgIpc) is 2.74. The highest BCUT2D eigenvalue weighted by atomic mass is 16.5. The maximum absolute atomic E-state index is 10.0. The Hall–Kier alpha value is -0.850. The number of hydrogen-bond acceptors (Lipinski definition) is 6. The van der Waals surface area contributed by atoms with Gasteiger partial charge in [0.2, 0.25) is 0 Å². The Morgan fingerprint density at radius 3 is 2.78 bits per heavy atom. The van der Waals surface area contributed by atoms with Crippen molar-refractivity contribution in [3.05, 3.63) is 0 Å². The topological polar surface area (TPSA) is 94.3 Å². The van der Waals surface area contributed by atoms with E-state index in [-0.39, 0.29) is 12.0 Å². The van der Waals surface area contributed by atoms with Gasteiger partial charge >= 0.3 is 0 Å². The zero-order chi connectivity index (χ0) is 13.3. The Balaban J connectivity index is 2.04. The molecule has 1 aliphatic carbocycles. The Labute approximate surface area is 107 Å². The fourth-order valence-corrected chi connectivity index (χ4v) is 2.61. The third-order valence-electron chi connectivity index (χ3n) is 3.70. The Bertz CT molecular complexity index is 321. The zero-order valence-corrected chi connectivity index (χ0v) is 10.8. The van der Waals surface area contributed by atoms with Crippen LogP contribution in [0.4, 0.5) is 0 Å². The van der Waals surface area contributed by atoms with Crippen LogP contribution >= 0.6 is 0 Å². The number of aliphatic hydroxyl groups is 3. The molecule has 0 radical (unpaired) electrons. The predicted molar refractivity (Wildman–Crippen MR) is 66.2 cm³/mol. The second kappa shape index (κ2) is 5.42. The summed E-state index contributed by atoms with van der Waals surface area (Å²) in [4.78, 5) is 4.26. The standard InChI is InChI=1S/C12H22N2O4/c1-3-4-13-12-14-9-8(18-12)5-7(6(2)15)10(16)11(9)17/h6-11,15-17H,3-5H2,1-2H3,(H,13,14)/t6-,7?,8?,9?,10?,11?/m0/s1. The fourth-order valence-electron chi connectivity index (χ4n) is 2.61. The van der Waals surface area contributed by atoms with Crippen molar-refractivity contribution in [2.24, 2.45) is 10.9 Å². The Kier molecular flexibility index (Phi) is 4.09. The van der Waals surface area contributed by atoms with E-state index in [9.17, 15) is 15.3 Å². The van der Waals surface area contributed by atoms with E-state index in [2.05, 4.69) is 10.3 Å². The summed E-state index contributed by atoms with van der Waals surface area (Å²) in [6.07, 6.45) is -1.41. The molecular formula is C12H22N2O4. The van der Waals surface area contributed by atoms with Crippen molar-refractivity contribution in [2.75, 3.05) is 6.54 Å². The summed E-state index contributed by atoms with van der Waals surface area (Å²) in [5.41, 5.74) is 0. The van der Waals surface area contributed by atoms with Gasteiger partial charge in [-0.1, -0.05) is 6.92 Å². The van der Waals surface area contributed by atoms with Crippen molar-refractivity contribution in [1.82, 2.24) is 5.32 Å². The number of nitrogens with zero attached hydrogens (tertiary/aromatic N) is 1. The van der Waals surface area contributed by atoms with Crippen LogP contribution < -0.4 is 5.32 Å². The maximum Gasteiger partial charge on any atom is 0.285 e. The van der Waals surface area contributed by atoms with Crippen LogP contribution in [0.5, 0.6) is 0 Å². The molecule has 1 aliphatic heterocycles. The van der Waals surface area contributed by atoms with Gasteiger partial charge in [0.25, 0.3) is 6.02 Å². The molecule has 18 heavy (non-hydrogen) atoms. The summed E-state index contributed by atoms with van der Waals surface area (Å²) >= 11 is 0. The quantitative estimate of drug-likeness (QED) is 0.533. The lowest BCUT2D eigenvalue weighted by molar-refractivity contribution is -0.111. The van der Waals surface area contributed by atoms with E-state index in [1.54, 1.807) is 6.92 Å². The third-order valence-corrected chi connectivity index (χ3v) is 3.70. The number of hydrogen-bond donors (Lipinski definition) is 4. The zero-order valence-electron chi connectivity index (χ0n) is 10.8. The lowest BCUT2D eigenvalue weighted by Crippen LogP contribution is -2.54. The van der Waals surface area contributed by atoms with Crippen LogP contribution in [0, 0.1) is 5.92 Å². The van der Waals surface area contributed by atoms with Gasteiger partial charge in [-0.05, 0) is 19.8 Å². The van der Waals surface area contributed by atoms with Gasteiger partial charge in [-0.2, -0.15) is 0 Å². The number of amidine groups is 1. The van der Waals surface area contributed by atoms with Crippen LogP contribution in [0.3, 0.4) is 0 Å². The van der Waals surface area contributed by atoms with E-state index >= 15 is 0 Å². The van der Waals surface area contributed by atoms with Gasteiger partial charge in [0.05, 0.1) is 12.2 Å². The van der Waals surface area contributed by atoms with Crippen molar-refractivity contribution in [3.63, 3.8) is 0 Å². The number of aliphatic imine (C=N–C) groups is 1. The van der Waals surface area contributed by atoms with Gasteiger partial charge in [-0.15, -0.1) is 0 Å². The second-order valence-corrected chi connectivity index (χ2v) is 5.13. The molecule has 6 heteroatoms. The van der Waals surface area contributed by atoms with Crippen LogP contribution in [0.25, 0.3) is 0 Å². The summed E-state index contributed by atoms with van der Waals surface area (Å²) in [7, 11) is 0.